The Morgan fingerprint density at radius 1 is 1.30 bits per heavy atom. The molecule has 5 nitrogen and oxygen atoms in total. The van der Waals surface area contributed by atoms with Gasteiger partial charge in [-0.2, -0.15) is 13.2 Å². The number of nitrogens with one attached hydrogen (secondary N) is 1. The van der Waals surface area contributed by atoms with Crippen molar-refractivity contribution in [1.29, 1.82) is 0 Å². The number of anilines is 1. The predicted molar refractivity (Wildman–Crippen MR) is 95.2 cm³/mol. The topological polar surface area (TPSA) is 54.5 Å². The van der Waals surface area contributed by atoms with E-state index in [0.717, 1.165) is 18.7 Å². The number of nitrogens with zero attached hydrogens (tertiary/aromatic N) is 2. The van der Waals surface area contributed by atoms with Gasteiger partial charge in [0.15, 0.2) is 0 Å². The summed E-state index contributed by atoms with van der Waals surface area (Å²) in [6.45, 7) is 8.77. The highest BCUT2D eigenvalue weighted by Gasteiger charge is 2.53. The first-order chi connectivity index (χ1) is 12.5. The number of hydrogen-bond acceptors (Lipinski definition) is 4. The molecule has 1 aromatic rings. The molecule has 8 heteroatoms. The minimum atomic E-state index is -4.40. The molecule has 1 aliphatic carbocycles. The van der Waals surface area contributed by atoms with Crippen molar-refractivity contribution < 1.29 is 22.7 Å². The fourth-order valence-electron chi connectivity index (χ4n) is 3.77. The second-order valence-corrected chi connectivity index (χ2v) is 8.52. The standard InChI is InChI=1S/C19H26F3N3O2/c1-11-14-7-13(25(10-15(11)14)17(26)27-18(2,3)4)9-24-16-6-5-12(8-23-16)19(20,21)22/h5-6,8,11,13-15H,7,9-10H2,1-4H3,(H,23,24)/t11-,13+,14+,15-/m1/s1. The summed E-state index contributed by atoms with van der Waals surface area (Å²) in [5.41, 5.74) is -1.36. The van der Waals surface area contributed by atoms with Crippen molar-refractivity contribution in [2.45, 2.75) is 51.9 Å². The lowest BCUT2D eigenvalue weighted by Gasteiger charge is -2.36. The highest BCUT2D eigenvalue weighted by molar-refractivity contribution is 5.69. The molecule has 2 aliphatic rings. The normalized spacial score (nSPS) is 27.7. The van der Waals surface area contributed by atoms with E-state index in [9.17, 15) is 18.0 Å². The number of alkyl halides is 3. The van der Waals surface area contributed by atoms with Crippen molar-refractivity contribution in [1.82, 2.24) is 9.88 Å². The van der Waals surface area contributed by atoms with Gasteiger partial charge in [-0.05, 0) is 57.1 Å². The molecular formula is C19H26F3N3O2. The van der Waals surface area contributed by atoms with Gasteiger partial charge in [-0.1, -0.05) is 6.92 Å². The highest BCUT2D eigenvalue weighted by atomic mass is 19.4. The average molecular weight is 385 g/mol. The monoisotopic (exact) mass is 385 g/mol. The van der Waals surface area contributed by atoms with Gasteiger partial charge in [0.25, 0.3) is 0 Å². The Balaban J connectivity index is 1.64. The molecule has 1 saturated heterocycles. The second-order valence-electron chi connectivity index (χ2n) is 8.52. The maximum Gasteiger partial charge on any atom is 0.417 e. The molecule has 0 aromatic carbocycles. The summed E-state index contributed by atoms with van der Waals surface area (Å²) in [4.78, 5) is 18.2. The number of aromatic nitrogens is 1. The van der Waals surface area contributed by atoms with E-state index in [1.807, 2.05) is 20.8 Å². The summed E-state index contributed by atoms with van der Waals surface area (Å²) in [6.07, 6.45) is -3.07. The van der Waals surface area contributed by atoms with Crippen LogP contribution in [0.4, 0.5) is 23.8 Å². The average Bonchev–Trinajstić information content (AvgIpc) is 3.19. The highest BCUT2D eigenvalue weighted by Crippen LogP contribution is 2.52. The number of likely N-dealkylation sites (tertiary alicyclic amines) is 1. The van der Waals surface area contributed by atoms with E-state index in [0.29, 0.717) is 36.7 Å². The number of halogens is 3. The van der Waals surface area contributed by atoms with Gasteiger partial charge in [-0.25, -0.2) is 9.78 Å². The third-order valence-electron chi connectivity index (χ3n) is 5.39. The number of rotatable bonds is 3. The summed E-state index contributed by atoms with van der Waals surface area (Å²) in [5.74, 6) is 2.05. The summed E-state index contributed by atoms with van der Waals surface area (Å²) >= 11 is 0. The molecule has 1 N–H and O–H groups in total. The Kier molecular flexibility index (Phi) is 5.03. The van der Waals surface area contributed by atoms with E-state index in [-0.39, 0.29) is 12.1 Å². The zero-order chi connectivity index (χ0) is 20.0. The van der Waals surface area contributed by atoms with Crippen LogP contribution in [0.3, 0.4) is 0 Å². The maximum atomic E-state index is 12.6. The molecular weight excluding hydrogens is 359 g/mol. The van der Waals surface area contributed by atoms with Gasteiger partial charge in [-0.3, -0.25) is 0 Å². The third kappa shape index (κ3) is 4.65. The molecule has 1 aromatic heterocycles. The van der Waals surface area contributed by atoms with E-state index in [2.05, 4.69) is 17.2 Å². The molecule has 1 saturated carbocycles. The Bertz CT molecular complexity index is 685. The van der Waals surface area contributed by atoms with Gasteiger partial charge in [0, 0.05) is 19.3 Å². The number of fused-ring (bicyclic) bond motifs is 1. The zero-order valence-electron chi connectivity index (χ0n) is 16.0. The molecule has 0 bridgehead atoms. The first-order valence-electron chi connectivity index (χ1n) is 9.22. The van der Waals surface area contributed by atoms with Crippen molar-refractivity contribution in [3.63, 3.8) is 0 Å². The molecule has 0 unspecified atom stereocenters. The fourth-order valence-corrected chi connectivity index (χ4v) is 3.77. The van der Waals surface area contributed by atoms with Crippen molar-refractivity contribution >= 4 is 11.9 Å². The van der Waals surface area contributed by atoms with E-state index in [1.165, 1.54) is 6.07 Å². The molecule has 0 spiro atoms. The number of ether oxygens (including phenoxy) is 1. The fraction of sp³-hybridized carbons (Fsp3) is 0.684. The zero-order valence-corrected chi connectivity index (χ0v) is 16.0. The summed E-state index contributed by atoms with van der Waals surface area (Å²) in [5, 5.41) is 3.07. The smallest absolute Gasteiger partial charge is 0.417 e. The number of hydrogen-bond donors (Lipinski definition) is 1. The first-order valence-corrected chi connectivity index (χ1v) is 9.22. The molecule has 27 heavy (non-hydrogen) atoms. The predicted octanol–water partition coefficient (Wildman–Crippen LogP) is 4.40. The molecule has 0 radical (unpaired) electrons. The van der Waals surface area contributed by atoms with E-state index in [1.54, 1.807) is 4.90 Å². The number of amides is 1. The van der Waals surface area contributed by atoms with Gasteiger partial charge in [0.05, 0.1) is 11.6 Å². The second kappa shape index (κ2) is 6.87. The number of carbonyl (C=O) groups excluding carboxylic acids is 1. The largest absolute Gasteiger partial charge is 0.444 e. The van der Waals surface area contributed by atoms with Gasteiger partial charge >= 0.3 is 12.3 Å². The van der Waals surface area contributed by atoms with Crippen LogP contribution in [0.25, 0.3) is 0 Å². The molecule has 1 amide bonds. The van der Waals surface area contributed by atoms with Crippen LogP contribution in [0.15, 0.2) is 18.3 Å². The van der Waals surface area contributed by atoms with Crippen LogP contribution >= 0.6 is 0 Å². The van der Waals surface area contributed by atoms with Crippen molar-refractivity contribution in [2.24, 2.45) is 17.8 Å². The van der Waals surface area contributed by atoms with E-state index < -0.39 is 17.3 Å². The van der Waals surface area contributed by atoms with Crippen LogP contribution in [0, 0.1) is 17.8 Å². The minimum absolute atomic E-state index is 0.0739. The van der Waals surface area contributed by atoms with Crippen LogP contribution in [-0.4, -0.2) is 40.7 Å². The van der Waals surface area contributed by atoms with Gasteiger partial charge in [0.2, 0.25) is 0 Å². The molecule has 2 fully saturated rings. The number of pyridine rings is 1. The number of piperidine rings is 1. The lowest BCUT2D eigenvalue weighted by Crippen LogP contribution is -2.49. The van der Waals surface area contributed by atoms with Crippen LogP contribution in [0.1, 0.15) is 39.7 Å². The van der Waals surface area contributed by atoms with Gasteiger partial charge in [-0.15, -0.1) is 0 Å². The van der Waals surface area contributed by atoms with Crippen LogP contribution in [-0.2, 0) is 10.9 Å². The summed E-state index contributed by atoms with van der Waals surface area (Å²) in [6, 6.07) is 2.24. The van der Waals surface area contributed by atoms with Crippen molar-refractivity contribution in [3.05, 3.63) is 23.9 Å². The molecule has 1 aliphatic heterocycles. The van der Waals surface area contributed by atoms with E-state index >= 15 is 0 Å². The maximum absolute atomic E-state index is 12.6. The van der Waals surface area contributed by atoms with Gasteiger partial charge in [0.1, 0.15) is 11.4 Å². The quantitative estimate of drug-likeness (QED) is 0.838. The lowest BCUT2D eigenvalue weighted by atomic mass is 10.0. The Hall–Kier alpha value is -1.99. The SMILES string of the molecule is C[C@H]1[C@H]2CN(C(=O)OC(C)(C)C)[C@H](CNc3ccc(C(F)(F)F)cn3)C[C@@H]12. The summed E-state index contributed by atoms with van der Waals surface area (Å²) in [7, 11) is 0. The number of carbonyl (C=O) groups is 1. The first kappa shape index (κ1) is 19.8. The minimum Gasteiger partial charge on any atom is -0.444 e. The van der Waals surface area contributed by atoms with Crippen LogP contribution < -0.4 is 5.32 Å². The Morgan fingerprint density at radius 2 is 2.00 bits per heavy atom. The summed E-state index contributed by atoms with van der Waals surface area (Å²) < 4.78 is 43.4. The van der Waals surface area contributed by atoms with Crippen molar-refractivity contribution in [3.8, 4) is 0 Å². The van der Waals surface area contributed by atoms with E-state index in [4.69, 9.17) is 4.74 Å². The lowest BCUT2D eigenvalue weighted by molar-refractivity contribution is -0.137. The Morgan fingerprint density at radius 3 is 2.56 bits per heavy atom. The molecule has 4 atom stereocenters. The van der Waals surface area contributed by atoms with Crippen LogP contribution in [0.2, 0.25) is 0 Å². The molecule has 3 rings (SSSR count). The van der Waals surface area contributed by atoms with Gasteiger partial charge < -0.3 is 15.0 Å². The Labute approximate surface area is 157 Å². The molecule has 150 valence electrons. The molecule has 2 heterocycles. The van der Waals surface area contributed by atoms with Crippen molar-refractivity contribution in [2.75, 3.05) is 18.4 Å². The van der Waals surface area contributed by atoms with Crippen LogP contribution in [0.5, 0.6) is 0 Å². The third-order valence-corrected chi connectivity index (χ3v) is 5.39.